The number of aromatic nitrogens is 4. The van der Waals surface area contributed by atoms with Gasteiger partial charge >= 0.3 is 0 Å². The predicted molar refractivity (Wildman–Crippen MR) is 75.1 cm³/mol. The summed E-state index contributed by atoms with van der Waals surface area (Å²) in [5.41, 5.74) is 5.46. The Morgan fingerprint density at radius 2 is 2.36 bits per heavy atom. The van der Waals surface area contributed by atoms with Crippen molar-refractivity contribution >= 4 is 17.0 Å². The highest BCUT2D eigenvalue weighted by atomic mass is 16.6. The average molecular weight is 304 g/mol. The number of anilines is 1. The Labute approximate surface area is 126 Å². The molecule has 3 heterocycles. The fourth-order valence-electron chi connectivity index (χ4n) is 2.76. The number of fused-ring (bicyclic) bond motifs is 1. The van der Waals surface area contributed by atoms with Crippen LogP contribution in [-0.4, -0.2) is 48.0 Å². The van der Waals surface area contributed by atoms with E-state index in [2.05, 4.69) is 21.0 Å². The monoisotopic (exact) mass is 304 g/mol. The third-order valence-corrected chi connectivity index (χ3v) is 4.15. The lowest BCUT2D eigenvalue weighted by Gasteiger charge is -2.29. The van der Waals surface area contributed by atoms with Crippen LogP contribution >= 0.6 is 0 Å². The van der Waals surface area contributed by atoms with Gasteiger partial charge in [0.1, 0.15) is 23.5 Å². The second-order valence-electron chi connectivity index (χ2n) is 5.44. The van der Waals surface area contributed by atoms with Crippen molar-refractivity contribution in [3.63, 3.8) is 0 Å². The second-order valence-corrected chi connectivity index (χ2v) is 5.44. The number of hydrogen-bond acceptors (Lipinski definition) is 8. The third kappa shape index (κ3) is 2.00. The van der Waals surface area contributed by atoms with E-state index in [1.165, 1.54) is 12.7 Å². The van der Waals surface area contributed by atoms with Crippen LogP contribution in [0.5, 0.6) is 0 Å². The molecule has 9 heteroatoms. The Bertz CT molecular complexity index is 741. The van der Waals surface area contributed by atoms with Gasteiger partial charge in [-0.15, -0.1) is 0 Å². The summed E-state index contributed by atoms with van der Waals surface area (Å²) in [6.07, 6.45) is 1.18. The molecule has 1 unspecified atom stereocenters. The first-order valence-corrected chi connectivity index (χ1v) is 6.82. The number of nitrogen functional groups attached to an aromatic ring is 1. The highest BCUT2D eigenvalue weighted by Crippen LogP contribution is 2.42. The zero-order chi connectivity index (χ0) is 15.9. The van der Waals surface area contributed by atoms with Crippen LogP contribution in [0.15, 0.2) is 12.7 Å². The van der Waals surface area contributed by atoms with Crippen molar-refractivity contribution < 1.29 is 14.9 Å². The summed E-state index contributed by atoms with van der Waals surface area (Å²) in [6.45, 7) is 1.29. The predicted octanol–water partition coefficient (Wildman–Crippen LogP) is -0.421. The molecule has 4 atom stereocenters. The molecular weight excluding hydrogens is 288 g/mol. The third-order valence-electron chi connectivity index (χ3n) is 4.15. The highest BCUT2D eigenvalue weighted by Gasteiger charge is 2.50. The van der Waals surface area contributed by atoms with Crippen molar-refractivity contribution in [1.29, 1.82) is 5.26 Å². The van der Waals surface area contributed by atoms with Gasteiger partial charge in [0.15, 0.2) is 17.7 Å². The van der Waals surface area contributed by atoms with Gasteiger partial charge in [-0.2, -0.15) is 5.26 Å². The molecule has 1 fully saturated rings. The molecule has 0 spiro atoms. The van der Waals surface area contributed by atoms with Crippen LogP contribution in [0.25, 0.3) is 11.2 Å². The van der Waals surface area contributed by atoms with Crippen LogP contribution in [0, 0.1) is 17.2 Å². The molecular formula is C13H16N6O3. The van der Waals surface area contributed by atoms with Crippen LogP contribution in [-0.2, 0) is 4.74 Å². The van der Waals surface area contributed by atoms with E-state index in [0.29, 0.717) is 11.2 Å². The standard InChI is InChI=1S/C13H16N6O3/c1-7(3-14)13(4-20)2-8(21)12(22-13)19-6-18-9-10(15)16-5-17-11(9)19/h5-8,12,20-21H,2,4H2,1H3,(H2,15,16,17)/t7?,8-,12-,13+/m1/s1. The summed E-state index contributed by atoms with van der Waals surface area (Å²) < 4.78 is 7.40. The lowest BCUT2D eigenvalue weighted by molar-refractivity contribution is -0.123. The molecule has 116 valence electrons. The summed E-state index contributed by atoms with van der Waals surface area (Å²) in [4.78, 5) is 12.1. The van der Waals surface area contributed by atoms with Gasteiger partial charge in [0.2, 0.25) is 0 Å². The first kappa shape index (κ1) is 14.6. The van der Waals surface area contributed by atoms with Crippen LogP contribution in [0.1, 0.15) is 19.6 Å². The number of ether oxygens (including phenoxy) is 1. The first-order valence-electron chi connectivity index (χ1n) is 6.82. The van der Waals surface area contributed by atoms with Crippen LogP contribution in [0.2, 0.25) is 0 Å². The van der Waals surface area contributed by atoms with E-state index >= 15 is 0 Å². The fourth-order valence-corrected chi connectivity index (χ4v) is 2.76. The molecule has 3 rings (SSSR count). The summed E-state index contributed by atoms with van der Waals surface area (Å²) >= 11 is 0. The van der Waals surface area contributed by atoms with E-state index in [9.17, 15) is 10.2 Å². The van der Waals surface area contributed by atoms with Gasteiger partial charge in [0.05, 0.1) is 24.9 Å². The van der Waals surface area contributed by atoms with E-state index in [4.69, 9.17) is 15.7 Å². The van der Waals surface area contributed by atoms with E-state index < -0.39 is 23.9 Å². The molecule has 9 nitrogen and oxygen atoms in total. The Balaban J connectivity index is 2.02. The second kappa shape index (κ2) is 5.17. The zero-order valence-electron chi connectivity index (χ0n) is 11.9. The minimum Gasteiger partial charge on any atom is -0.393 e. The summed E-state index contributed by atoms with van der Waals surface area (Å²) in [6, 6.07) is 2.06. The van der Waals surface area contributed by atoms with Crippen molar-refractivity contribution in [2.45, 2.75) is 31.3 Å². The molecule has 4 N–H and O–H groups in total. The molecule has 1 aliphatic heterocycles. The zero-order valence-corrected chi connectivity index (χ0v) is 11.9. The number of nitriles is 1. The van der Waals surface area contributed by atoms with Crippen molar-refractivity contribution in [2.24, 2.45) is 5.92 Å². The minimum atomic E-state index is -1.12. The largest absolute Gasteiger partial charge is 0.393 e. The molecule has 0 saturated carbocycles. The molecule has 1 saturated heterocycles. The quantitative estimate of drug-likeness (QED) is 0.693. The van der Waals surface area contributed by atoms with Gasteiger partial charge in [-0.1, -0.05) is 0 Å². The van der Waals surface area contributed by atoms with Gasteiger partial charge in [-0.25, -0.2) is 15.0 Å². The SMILES string of the molecule is CC(C#N)[C@@]1(CO)C[C@@H](O)[C@H](n2cnc3c(N)ncnc32)O1. The topological polar surface area (TPSA) is 143 Å². The molecule has 1 aliphatic rings. The summed E-state index contributed by atoms with van der Waals surface area (Å²) in [7, 11) is 0. The normalized spacial score (nSPS) is 29.5. The smallest absolute Gasteiger partial charge is 0.167 e. The van der Waals surface area contributed by atoms with Crippen LogP contribution in [0.3, 0.4) is 0 Å². The van der Waals surface area contributed by atoms with Crippen molar-refractivity contribution in [3.8, 4) is 6.07 Å². The van der Waals surface area contributed by atoms with Crippen LogP contribution < -0.4 is 5.73 Å². The molecule has 0 bridgehead atoms. The Kier molecular flexibility index (Phi) is 3.44. The van der Waals surface area contributed by atoms with Gasteiger partial charge in [0.25, 0.3) is 0 Å². The minimum absolute atomic E-state index is 0.142. The average Bonchev–Trinajstić information content (AvgIpc) is 3.09. The van der Waals surface area contributed by atoms with Gasteiger partial charge in [-0.05, 0) is 6.92 Å². The maximum absolute atomic E-state index is 10.3. The maximum atomic E-state index is 10.3. The van der Waals surface area contributed by atoms with Gasteiger partial charge in [-0.3, -0.25) is 4.57 Å². The molecule has 22 heavy (non-hydrogen) atoms. The molecule has 2 aromatic rings. The molecule has 0 aromatic carbocycles. The van der Waals surface area contributed by atoms with Crippen molar-refractivity contribution in [1.82, 2.24) is 19.5 Å². The van der Waals surface area contributed by atoms with E-state index in [0.717, 1.165) is 0 Å². The van der Waals surface area contributed by atoms with Gasteiger partial charge in [0, 0.05) is 6.42 Å². The van der Waals surface area contributed by atoms with Crippen LogP contribution in [0.4, 0.5) is 5.82 Å². The Hall–Kier alpha value is -2.28. The fraction of sp³-hybridized carbons (Fsp3) is 0.538. The number of nitrogens with two attached hydrogens (primary N) is 1. The molecule has 0 radical (unpaired) electrons. The van der Waals surface area contributed by atoms with E-state index in [1.807, 2.05) is 0 Å². The molecule has 0 aliphatic carbocycles. The lowest BCUT2D eigenvalue weighted by Crippen LogP contribution is -2.39. The number of aliphatic hydroxyl groups excluding tert-OH is 2. The van der Waals surface area contributed by atoms with Gasteiger partial charge < -0.3 is 20.7 Å². The highest BCUT2D eigenvalue weighted by molar-refractivity contribution is 5.81. The van der Waals surface area contributed by atoms with Crippen molar-refractivity contribution in [2.75, 3.05) is 12.3 Å². The van der Waals surface area contributed by atoms with Crippen molar-refractivity contribution in [3.05, 3.63) is 12.7 Å². The Morgan fingerprint density at radius 1 is 1.59 bits per heavy atom. The Morgan fingerprint density at radius 3 is 3.05 bits per heavy atom. The molecule has 0 amide bonds. The summed E-state index contributed by atoms with van der Waals surface area (Å²) in [5.74, 6) is -0.346. The number of imidazole rings is 1. The van der Waals surface area contributed by atoms with E-state index in [1.54, 1.807) is 11.5 Å². The lowest BCUT2D eigenvalue weighted by atomic mass is 9.87. The number of hydrogen-bond donors (Lipinski definition) is 3. The van der Waals surface area contributed by atoms with E-state index in [-0.39, 0.29) is 18.8 Å². The number of aliphatic hydroxyl groups is 2. The maximum Gasteiger partial charge on any atom is 0.167 e. The number of nitrogens with zero attached hydrogens (tertiary/aromatic N) is 5. The number of rotatable bonds is 3. The summed E-state index contributed by atoms with van der Waals surface area (Å²) in [5, 5.41) is 29.1. The molecule has 2 aromatic heterocycles. The first-order chi connectivity index (χ1) is 10.5.